The van der Waals surface area contributed by atoms with Crippen molar-refractivity contribution >= 4 is 22.7 Å². The van der Waals surface area contributed by atoms with Crippen molar-refractivity contribution in [3.05, 3.63) is 52.6 Å². The molecule has 0 amide bonds. The van der Waals surface area contributed by atoms with Gasteiger partial charge in [0.1, 0.15) is 5.69 Å². The SMILES string of the molecule is COc1cc([N+](=O)[O-])ccc1N=Nc1ccc(N)cc1. The minimum Gasteiger partial charge on any atom is -0.494 e. The summed E-state index contributed by atoms with van der Waals surface area (Å²) in [5.74, 6) is 0.290. The Balaban J connectivity index is 2.28. The summed E-state index contributed by atoms with van der Waals surface area (Å²) in [7, 11) is 1.42. The van der Waals surface area contributed by atoms with E-state index in [9.17, 15) is 10.1 Å². The third-order valence-corrected chi connectivity index (χ3v) is 2.54. The van der Waals surface area contributed by atoms with Crippen LogP contribution in [0.3, 0.4) is 0 Å². The average molecular weight is 272 g/mol. The van der Waals surface area contributed by atoms with Crippen molar-refractivity contribution < 1.29 is 9.66 Å². The first-order valence-corrected chi connectivity index (χ1v) is 5.70. The van der Waals surface area contributed by atoms with E-state index in [4.69, 9.17) is 10.5 Å². The fourth-order valence-electron chi connectivity index (χ4n) is 1.52. The molecule has 7 nitrogen and oxygen atoms in total. The number of nitrogen functional groups attached to an aromatic ring is 1. The normalized spacial score (nSPS) is 10.7. The van der Waals surface area contributed by atoms with Crippen LogP contribution in [0.4, 0.5) is 22.7 Å². The first kappa shape index (κ1) is 13.5. The van der Waals surface area contributed by atoms with Gasteiger partial charge < -0.3 is 10.5 Å². The zero-order chi connectivity index (χ0) is 14.5. The van der Waals surface area contributed by atoms with Gasteiger partial charge >= 0.3 is 0 Å². The van der Waals surface area contributed by atoms with Crippen molar-refractivity contribution in [2.24, 2.45) is 10.2 Å². The van der Waals surface area contributed by atoms with Crippen molar-refractivity contribution in [2.45, 2.75) is 0 Å². The summed E-state index contributed by atoms with van der Waals surface area (Å²) >= 11 is 0. The Labute approximate surface area is 114 Å². The first-order chi connectivity index (χ1) is 9.60. The van der Waals surface area contributed by atoms with Crippen LogP contribution in [0.25, 0.3) is 0 Å². The number of nitro benzene ring substituents is 1. The highest BCUT2D eigenvalue weighted by atomic mass is 16.6. The predicted molar refractivity (Wildman–Crippen MR) is 74.7 cm³/mol. The van der Waals surface area contributed by atoms with Crippen LogP contribution in [0.15, 0.2) is 52.7 Å². The van der Waals surface area contributed by atoms with E-state index in [1.165, 1.54) is 25.3 Å². The summed E-state index contributed by atoms with van der Waals surface area (Å²) in [5, 5.41) is 18.7. The van der Waals surface area contributed by atoms with Gasteiger partial charge in [0.05, 0.1) is 23.8 Å². The van der Waals surface area contributed by atoms with Gasteiger partial charge in [0.25, 0.3) is 5.69 Å². The minimum atomic E-state index is -0.497. The van der Waals surface area contributed by atoms with Crippen LogP contribution in [0, 0.1) is 10.1 Å². The summed E-state index contributed by atoms with van der Waals surface area (Å²) in [6.07, 6.45) is 0. The maximum atomic E-state index is 10.7. The monoisotopic (exact) mass is 272 g/mol. The molecular weight excluding hydrogens is 260 g/mol. The number of ether oxygens (including phenoxy) is 1. The van der Waals surface area contributed by atoms with Crippen molar-refractivity contribution in [1.82, 2.24) is 0 Å². The third kappa shape index (κ3) is 3.08. The Morgan fingerprint density at radius 1 is 1.15 bits per heavy atom. The number of methoxy groups -OCH3 is 1. The Morgan fingerprint density at radius 3 is 2.45 bits per heavy atom. The number of azo groups is 1. The van der Waals surface area contributed by atoms with E-state index in [-0.39, 0.29) is 5.69 Å². The quantitative estimate of drug-likeness (QED) is 0.397. The van der Waals surface area contributed by atoms with E-state index in [0.29, 0.717) is 22.8 Å². The summed E-state index contributed by atoms with van der Waals surface area (Å²) in [6.45, 7) is 0. The van der Waals surface area contributed by atoms with Crippen LogP contribution in [-0.4, -0.2) is 12.0 Å². The molecule has 0 atom stereocenters. The Bertz CT molecular complexity index is 653. The average Bonchev–Trinajstić information content (AvgIpc) is 2.46. The number of benzene rings is 2. The molecule has 0 saturated carbocycles. The van der Waals surface area contributed by atoms with E-state index < -0.39 is 4.92 Å². The predicted octanol–water partition coefficient (Wildman–Crippen LogP) is 3.60. The van der Waals surface area contributed by atoms with Crippen molar-refractivity contribution in [2.75, 3.05) is 12.8 Å². The molecule has 0 aliphatic heterocycles. The molecule has 7 heteroatoms. The van der Waals surface area contributed by atoms with Gasteiger partial charge in [-0.15, -0.1) is 5.11 Å². The van der Waals surface area contributed by atoms with Gasteiger partial charge in [-0.3, -0.25) is 10.1 Å². The lowest BCUT2D eigenvalue weighted by atomic mass is 10.2. The first-order valence-electron chi connectivity index (χ1n) is 5.70. The highest BCUT2D eigenvalue weighted by molar-refractivity contribution is 5.57. The van der Waals surface area contributed by atoms with Crippen LogP contribution in [0.5, 0.6) is 5.75 Å². The smallest absolute Gasteiger partial charge is 0.273 e. The van der Waals surface area contributed by atoms with E-state index in [0.717, 1.165) is 0 Å². The van der Waals surface area contributed by atoms with E-state index in [1.54, 1.807) is 24.3 Å². The fraction of sp³-hybridized carbons (Fsp3) is 0.0769. The number of nitro groups is 1. The minimum absolute atomic E-state index is 0.0618. The van der Waals surface area contributed by atoms with Gasteiger partial charge in [0, 0.05) is 11.8 Å². The molecule has 0 aliphatic rings. The number of hydrogen-bond acceptors (Lipinski definition) is 6. The largest absolute Gasteiger partial charge is 0.494 e. The van der Waals surface area contributed by atoms with E-state index in [2.05, 4.69) is 10.2 Å². The van der Waals surface area contributed by atoms with Gasteiger partial charge in [0.15, 0.2) is 5.75 Å². The van der Waals surface area contributed by atoms with Gasteiger partial charge in [-0.25, -0.2) is 0 Å². The van der Waals surface area contributed by atoms with Gasteiger partial charge in [-0.2, -0.15) is 5.11 Å². The topological polar surface area (TPSA) is 103 Å². The Kier molecular flexibility index (Phi) is 3.90. The molecule has 0 radical (unpaired) electrons. The van der Waals surface area contributed by atoms with Gasteiger partial charge in [-0.1, -0.05) is 0 Å². The molecule has 0 heterocycles. The third-order valence-electron chi connectivity index (χ3n) is 2.54. The van der Waals surface area contributed by atoms with E-state index in [1.807, 2.05) is 0 Å². The van der Waals surface area contributed by atoms with Crippen LogP contribution >= 0.6 is 0 Å². The molecule has 0 fully saturated rings. The van der Waals surface area contributed by atoms with Crippen molar-refractivity contribution in [3.8, 4) is 5.75 Å². The fourth-order valence-corrected chi connectivity index (χ4v) is 1.52. The summed E-state index contributed by atoms with van der Waals surface area (Å²) in [6, 6.07) is 11.0. The second-order valence-corrected chi connectivity index (χ2v) is 3.90. The van der Waals surface area contributed by atoms with Crippen LogP contribution in [0.1, 0.15) is 0 Å². The van der Waals surface area contributed by atoms with Crippen molar-refractivity contribution in [1.29, 1.82) is 0 Å². The van der Waals surface area contributed by atoms with Crippen molar-refractivity contribution in [3.63, 3.8) is 0 Å². The maximum absolute atomic E-state index is 10.7. The number of non-ortho nitro benzene ring substituents is 1. The molecule has 0 saturated heterocycles. The molecule has 2 N–H and O–H groups in total. The zero-order valence-electron chi connectivity index (χ0n) is 10.7. The molecule has 20 heavy (non-hydrogen) atoms. The van der Waals surface area contributed by atoms with Crippen LogP contribution in [-0.2, 0) is 0 Å². The zero-order valence-corrected chi connectivity index (χ0v) is 10.7. The molecular formula is C13H12N4O3. The summed E-state index contributed by atoms with van der Waals surface area (Å²) in [4.78, 5) is 10.2. The number of hydrogen-bond donors (Lipinski definition) is 1. The molecule has 0 unspecified atom stereocenters. The Morgan fingerprint density at radius 2 is 1.85 bits per heavy atom. The maximum Gasteiger partial charge on any atom is 0.273 e. The lowest BCUT2D eigenvalue weighted by Crippen LogP contribution is -1.89. The molecule has 0 bridgehead atoms. The summed E-state index contributed by atoms with van der Waals surface area (Å²) in [5.41, 5.74) is 7.18. The standard InChI is InChI=1S/C13H12N4O3/c1-20-13-8-11(17(18)19)6-7-12(13)16-15-10-4-2-9(14)3-5-10/h2-8H,14H2,1H3. The number of anilines is 1. The molecule has 0 spiro atoms. The van der Waals surface area contributed by atoms with E-state index >= 15 is 0 Å². The molecule has 2 aromatic carbocycles. The second-order valence-electron chi connectivity index (χ2n) is 3.90. The highest BCUT2D eigenvalue weighted by Crippen LogP contribution is 2.32. The van der Waals surface area contributed by atoms with Crippen LogP contribution in [0.2, 0.25) is 0 Å². The highest BCUT2D eigenvalue weighted by Gasteiger charge is 2.10. The molecule has 2 rings (SSSR count). The molecule has 0 aliphatic carbocycles. The number of nitrogens with zero attached hydrogens (tertiary/aromatic N) is 3. The molecule has 0 aromatic heterocycles. The molecule has 2 aromatic rings. The van der Waals surface area contributed by atoms with Crippen LogP contribution < -0.4 is 10.5 Å². The second kappa shape index (κ2) is 5.79. The summed E-state index contributed by atoms with van der Waals surface area (Å²) < 4.78 is 5.07. The van der Waals surface area contributed by atoms with Gasteiger partial charge in [-0.05, 0) is 30.3 Å². The number of nitrogens with two attached hydrogens (primary N) is 1. The lowest BCUT2D eigenvalue weighted by Gasteiger charge is -2.02. The Hall–Kier alpha value is -2.96. The lowest BCUT2D eigenvalue weighted by molar-refractivity contribution is -0.384. The molecule has 102 valence electrons. The number of rotatable bonds is 4. The van der Waals surface area contributed by atoms with Gasteiger partial charge in [0.2, 0.25) is 0 Å².